The Balaban J connectivity index is 1.86. The number of hydrogen-bond acceptors (Lipinski definition) is 3. The number of halogens is 1. The van der Waals surface area contributed by atoms with Gasteiger partial charge in [-0.1, -0.05) is 41.9 Å². The van der Waals surface area contributed by atoms with Crippen molar-refractivity contribution in [3.63, 3.8) is 0 Å². The van der Waals surface area contributed by atoms with Crippen LogP contribution in [0.3, 0.4) is 0 Å². The van der Waals surface area contributed by atoms with E-state index in [9.17, 15) is 0 Å². The van der Waals surface area contributed by atoms with Crippen molar-refractivity contribution in [3.8, 4) is 5.75 Å². The second-order valence-electron chi connectivity index (χ2n) is 5.05. The highest BCUT2D eigenvalue weighted by Gasteiger charge is 2.03. The first-order chi connectivity index (χ1) is 10.8. The molecule has 0 aliphatic heterocycles. The van der Waals surface area contributed by atoms with Crippen LogP contribution in [0.4, 0.5) is 0 Å². The number of benzene rings is 2. The van der Waals surface area contributed by atoms with Crippen molar-refractivity contribution < 1.29 is 9.47 Å². The van der Waals surface area contributed by atoms with Gasteiger partial charge in [0, 0.05) is 30.8 Å². The molecule has 2 rings (SSSR count). The molecule has 2 aromatic carbocycles. The maximum absolute atomic E-state index is 5.93. The van der Waals surface area contributed by atoms with Crippen LogP contribution in [0.5, 0.6) is 5.75 Å². The summed E-state index contributed by atoms with van der Waals surface area (Å²) in [4.78, 5) is 0. The van der Waals surface area contributed by atoms with Gasteiger partial charge in [-0.05, 0) is 36.7 Å². The van der Waals surface area contributed by atoms with Crippen molar-refractivity contribution in [2.45, 2.75) is 19.6 Å². The minimum absolute atomic E-state index is 0.540. The Morgan fingerprint density at radius 2 is 1.82 bits per heavy atom. The standard InChI is InChI=1S/C18H22ClNO2/c1-21-12-4-11-20-13-16-5-2-3-6-18(16)22-14-15-7-9-17(19)10-8-15/h2-3,5-10,20H,4,11-14H2,1H3. The van der Waals surface area contributed by atoms with E-state index in [4.69, 9.17) is 21.1 Å². The molecule has 118 valence electrons. The Hall–Kier alpha value is -1.55. The first-order valence-corrected chi connectivity index (χ1v) is 7.82. The van der Waals surface area contributed by atoms with Crippen molar-refractivity contribution in [2.75, 3.05) is 20.3 Å². The number of para-hydroxylation sites is 1. The Morgan fingerprint density at radius 3 is 2.59 bits per heavy atom. The zero-order valence-corrected chi connectivity index (χ0v) is 13.6. The first kappa shape index (κ1) is 16.8. The van der Waals surface area contributed by atoms with Crippen LogP contribution in [-0.2, 0) is 17.9 Å². The molecule has 0 aromatic heterocycles. The van der Waals surface area contributed by atoms with E-state index in [1.54, 1.807) is 7.11 Å². The van der Waals surface area contributed by atoms with Crippen LogP contribution in [0.15, 0.2) is 48.5 Å². The summed E-state index contributed by atoms with van der Waals surface area (Å²) in [6, 6.07) is 15.8. The summed E-state index contributed by atoms with van der Waals surface area (Å²) in [5.74, 6) is 0.914. The molecule has 4 heteroatoms. The third-order valence-electron chi connectivity index (χ3n) is 3.30. The molecule has 0 fully saturated rings. The van der Waals surface area contributed by atoms with Gasteiger partial charge in [0.1, 0.15) is 12.4 Å². The molecule has 2 aromatic rings. The average molecular weight is 320 g/mol. The molecule has 0 saturated heterocycles. The predicted molar refractivity (Wildman–Crippen MR) is 90.4 cm³/mol. The third-order valence-corrected chi connectivity index (χ3v) is 3.55. The van der Waals surface area contributed by atoms with E-state index in [0.717, 1.165) is 48.0 Å². The molecular formula is C18H22ClNO2. The van der Waals surface area contributed by atoms with Crippen LogP contribution in [0.25, 0.3) is 0 Å². The summed E-state index contributed by atoms with van der Waals surface area (Å²) in [5, 5.41) is 4.15. The SMILES string of the molecule is COCCCNCc1ccccc1OCc1ccc(Cl)cc1. The fourth-order valence-corrected chi connectivity index (χ4v) is 2.22. The van der Waals surface area contributed by atoms with Crippen LogP contribution in [-0.4, -0.2) is 20.3 Å². The maximum atomic E-state index is 5.93. The summed E-state index contributed by atoms with van der Waals surface area (Å²) < 4.78 is 11.0. The van der Waals surface area contributed by atoms with E-state index >= 15 is 0 Å². The van der Waals surface area contributed by atoms with Crippen LogP contribution >= 0.6 is 11.6 Å². The molecule has 0 bridgehead atoms. The van der Waals surface area contributed by atoms with Crippen LogP contribution in [0, 0.1) is 0 Å². The topological polar surface area (TPSA) is 30.5 Å². The molecule has 1 N–H and O–H groups in total. The van der Waals surface area contributed by atoms with Crippen molar-refractivity contribution in [1.29, 1.82) is 0 Å². The highest BCUT2D eigenvalue weighted by atomic mass is 35.5. The van der Waals surface area contributed by atoms with Gasteiger partial charge in [-0.25, -0.2) is 0 Å². The van der Waals surface area contributed by atoms with Gasteiger partial charge >= 0.3 is 0 Å². The Bertz CT molecular complexity index is 557. The molecule has 0 heterocycles. The molecule has 0 amide bonds. The predicted octanol–water partition coefficient (Wildman–Crippen LogP) is 4.05. The summed E-state index contributed by atoms with van der Waals surface area (Å²) in [6.45, 7) is 3.04. The molecule has 0 saturated carbocycles. The average Bonchev–Trinajstić information content (AvgIpc) is 2.55. The number of nitrogens with one attached hydrogen (secondary N) is 1. The van der Waals surface area contributed by atoms with Gasteiger partial charge < -0.3 is 14.8 Å². The van der Waals surface area contributed by atoms with Gasteiger partial charge in [0.05, 0.1) is 0 Å². The van der Waals surface area contributed by atoms with E-state index in [-0.39, 0.29) is 0 Å². The monoisotopic (exact) mass is 319 g/mol. The summed E-state index contributed by atoms with van der Waals surface area (Å²) in [7, 11) is 1.72. The van der Waals surface area contributed by atoms with Gasteiger partial charge in [0.2, 0.25) is 0 Å². The van der Waals surface area contributed by atoms with Gasteiger partial charge in [-0.2, -0.15) is 0 Å². The molecule has 3 nitrogen and oxygen atoms in total. The fraction of sp³-hybridized carbons (Fsp3) is 0.333. The normalized spacial score (nSPS) is 10.6. The highest BCUT2D eigenvalue weighted by molar-refractivity contribution is 6.30. The maximum Gasteiger partial charge on any atom is 0.124 e. The van der Waals surface area contributed by atoms with Crippen LogP contribution in [0.2, 0.25) is 5.02 Å². The number of hydrogen-bond donors (Lipinski definition) is 1. The molecule has 0 aliphatic rings. The van der Waals surface area contributed by atoms with Crippen molar-refractivity contribution >= 4 is 11.6 Å². The van der Waals surface area contributed by atoms with Crippen LogP contribution in [0.1, 0.15) is 17.5 Å². The van der Waals surface area contributed by atoms with Crippen molar-refractivity contribution in [1.82, 2.24) is 5.32 Å². The minimum atomic E-state index is 0.540. The van der Waals surface area contributed by atoms with E-state index in [1.807, 2.05) is 42.5 Å². The van der Waals surface area contributed by atoms with Gasteiger partial charge in [0.25, 0.3) is 0 Å². The van der Waals surface area contributed by atoms with Gasteiger partial charge in [0.15, 0.2) is 0 Å². The molecule has 0 radical (unpaired) electrons. The zero-order chi connectivity index (χ0) is 15.6. The van der Waals surface area contributed by atoms with E-state index in [0.29, 0.717) is 6.61 Å². The lowest BCUT2D eigenvalue weighted by atomic mass is 10.2. The van der Waals surface area contributed by atoms with Crippen LogP contribution < -0.4 is 10.1 Å². The first-order valence-electron chi connectivity index (χ1n) is 7.44. The Labute approximate surface area is 137 Å². The number of ether oxygens (including phenoxy) is 2. The lowest BCUT2D eigenvalue weighted by Gasteiger charge is -2.12. The smallest absolute Gasteiger partial charge is 0.124 e. The third kappa shape index (κ3) is 5.68. The number of methoxy groups -OCH3 is 1. The quantitative estimate of drug-likeness (QED) is 0.707. The second kappa shape index (κ2) is 9.46. The molecule has 0 aliphatic carbocycles. The molecule has 22 heavy (non-hydrogen) atoms. The summed E-state index contributed by atoms with van der Waals surface area (Å²) in [5.41, 5.74) is 2.26. The van der Waals surface area contributed by atoms with E-state index in [1.165, 1.54) is 0 Å². The number of rotatable bonds is 9. The Kier molecular flexibility index (Phi) is 7.23. The lowest BCUT2D eigenvalue weighted by molar-refractivity contribution is 0.194. The minimum Gasteiger partial charge on any atom is -0.489 e. The summed E-state index contributed by atoms with van der Waals surface area (Å²) in [6.07, 6.45) is 1.00. The van der Waals surface area contributed by atoms with Crippen molar-refractivity contribution in [2.24, 2.45) is 0 Å². The fourth-order valence-electron chi connectivity index (χ4n) is 2.10. The van der Waals surface area contributed by atoms with E-state index < -0.39 is 0 Å². The molecular weight excluding hydrogens is 298 g/mol. The lowest BCUT2D eigenvalue weighted by Crippen LogP contribution is -2.16. The summed E-state index contributed by atoms with van der Waals surface area (Å²) >= 11 is 5.89. The zero-order valence-electron chi connectivity index (χ0n) is 12.8. The second-order valence-corrected chi connectivity index (χ2v) is 5.48. The Morgan fingerprint density at radius 1 is 1.05 bits per heavy atom. The molecule has 0 spiro atoms. The van der Waals surface area contributed by atoms with Gasteiger partial charge in [-0.3, -0.25) is 0 Å². The van der Waals surface area contributed by atoms with E-state index in [2.05, 4.69) is 11.4 Å². The van der Waals surface area contributed by atoms with Crippen molar-refractivity contribution in [3.05, 3.63) is 64.7 Å². The molecule has 0 unspecified atom stereocenters. The largest absolute Gasteiger partial charge is 0.489 e. The van der Waals surface area contributed by atoms with Gasteiger partial charge in [-0.15, -0.1) is 0 Å². The molecule has 0 atom stereocenters. The highest BCUT2D eigenvalue weighted by Crippen LogP contribution is 2.19.